The lowest BCUT2D eigenvalue weighted by atomic mass is 9.86. The van der Waals surface area contributed by atoms with Crippen molar-refractivity contribution in [2.45, 2.75) is 26.9 Å². The molecule has 0 saturated heterocycles. The molecule has 0 unspecified atom stereocenters. The Morgan fingerprint density at radius 3 is 2.57 bits per heavy atom. The molecule has 0 bridgehead atoms. The summed E-state index contributed by atoms with van der Waals surface area (Å²) in [7, 11) is 0. The molecule has 1 aromatic carbocycles. The Morgan fingerprint density at radius 1 is 1.22 bits per heavy atom. The number of ketones is 1. The molecule has 4 heteroatoms. The molecule has 1 aliphatic rings. The SMILES string of the molecule is C/C=C(\C)[C@H]1Oc2c(-c3ccccc3)c[nH]c(=O)c2C(=O)[C@@H]1C. The van der Waals surface area contributed by atoms with Gasteiger partial charge in [-0.2, -0.15) is 0 Å². The number of hydrogen-bond acceptors (Lipinski definition) is 3. The second kappa shape index (κ2) is 5.88. The van der Waals surface area contributed by atoms with Crippen LogP contribution in [-0.4, -0.2) is 16.9 Å². The zero-order valence-electron chi connectivity index (χ0n) is 13.4. The van der Waals surface area contributed by atoms with Crippen LogP contribution in [0.1, 0.15) is 31.1 Å². The molecule has 1 aromatic heterocycles. The number of aromatic nitrogens is 1. The second-order valence-corrected chi connectivity index (χ2v) is 5.83. The van der Waals surface area contributed by atoms with Gasteiger partial charge in [0.15, 0.2) is 5.78 Å². The number of pyridine rings is 1. The van der Waals surface area contributed by atoms with Crippen LogP contribution in [0.5, 0.6) is 5.75 Å². The van der Waals surface area contributed by atoms with Gasteiger partial charge < -0.3 is 9.72 Å². The first-order chi connectivity index (χ1) is 11.0. The van der Waals surface area contributed by atoms with Gasteiger partial charge in [-0.05, 0) is 25.0 Å². The molecule has 3 rings (SSSR count). The molecule has 1 N–H and O–H groups in total. The average Bonchev–Trinajstić information content (AvgIpc) is 2.58. The molecule has 0 radical (unpaired) electrons. The van der Waals surface area contributed by atoms with E-state index in [0.717, 1.165) is 16.7 Å². The van der Waals surface area contributed by atoms with Crippen molar-refractivity contribution in [3.05, 3.63) is 64.1 Å². The lowest BCUT2D eigenvalue weighted by Gasteiger charge is -2.31. The van der Waals surface area contributed by atoms with E-state index in [1.54, 1.807) is 13.1 Å². The maximum Gasteiger partial charge on any atom is 0.262 e. The number of fused-ring (bicyclic) bond motifs is 1. The standard InChI is InChI=1S/C19H19NO3/c1-4-11(2)17-12(3)16(21)15-18(23-17)14(10-20-19(15)22)13-8-6-5-7-9-13/h4-10,12,17H,1-3H3,(H,20,22)/b11-4+/t12-,17+/m0/s1. The maximum absolute atomic E-state index is 12.7. The fraction of sp³-hybridized carbons (Fsp3) is 0.263. The van der Waals surface area contributed by atoms with Gasteiger partial charge >= 0.3 is 0 Å². The highest BCUT2D eigenvalue weighted by atomic mass is 16.5. The fourth-order valence-corrected chi connectivity index (χ4v) is 2.94. The monoisotopic (exact) mass is 309 g/mol. The summed E-state index contributed by atoms with van der Waals surface area (Å²) in [6, 6.07) is 9.60. The number of carbonyl (C=O) groups excluding carboxylic acids is 1. The Hall–Kier alpha value is -2.62. The summed E-state index contributed by atoms with van der Waals surface area (Å²) in [6.45, 7) is 5.66. The molecular weight excluding hydrogens is 290 g/mol. The number of ether oxygens (including phenoxy) is 1. The first-order valence-corrected chi connectivity index (χ1v) is 7.69. The van der Waals surface area contributed by atoms with Gasteiger partial charge in [-0.25, -0.2) is 0 Å². The minimum Gasteiger partial charge on any atom is -0.484 e. The van der Waals surface area contributed by atoms with Crippen LogP contribution >= 0.6 is 0 Å². The number of Topliss-reactive ketones (excluding diaryl/α,β-unsaturated/α-hetero) is 1. The minimum absolute atomic E-state index is 0.124. The van der Waals surface area contributed by atoms with Crippen molar-refractivity contribution in [2.75, 3.05) is 0 Å². The minimum atomic E-state index is -0.395. The Bertz CT molecular complexity index is 833. The van der Waals surface area contributed by atoms with Crippen molar-refractivity contribution in [2.24, 2.45) is 5.92 Å². The van der Waals surface area contributed by atoms with Gasteiger partial charge in [0.25, 0.3) is 5.56 Å². The third-order valence-electron chi connectivity index (χ3n) is 4.39. The Labute approximate surface area is 134 Å². The summed E-state index contributed by atoms with van der Waals surface area (Å²) in [5, 5.41) is 0. The van der Waals surface area contributed by atoms with E-state index in [4.69, 9.17) is 4.74 Å². The van der Waals surface area contributed by atoms with Crippen molar-refractivity contribution in [3.63, 3.8) is 0 Å². The second-order valence-electron chi connectivity index (χ2n) is 5.83. The largest absolute Gasteiger partial charge is 0.484 e. The number of nitrogens with one attached hydrogen (secondary N) is 1. The Morgan fingerprint density at radius 2 is 1.91 bits per heavy atom. The van der Waals surface area contributed by atoms with E-state index in [1.807, 2.05) is 50.3 Å². The molecule has 1 aliphatic heterocycles. The molecule has 0 aliphatic carbocycles. The molecular formula is C19H19NO3. The molecule has 4 nitrogen and oxygen atoms in total. The third-order valence-corrected chi connectivity index (χ3v) is 4.39. The number of hydrogen-bond donors (Lipinski definition) is 1. The van der Waals surface area contributed by atoms with Crippen LogP contribution in [0.15, 0.2) is 53.0 Å². The maximum atomic E-state index is 12.7. The lowest BCUT2D eigenvalue weighted by molar-refractivity contribution is 0.0755. The highest BCUT2D eigenvalue weighted by molar-refractivity contribution is 6.03. The Balaban J connectivity index is 2.23. The summed E-state index contributed by atoms with van der Waals surface area (Å²) in [4.78, 5) is 27.6. The molecule has 2 atom stereocenters. The van der Waals surface area contributed by atoms with Gasteiger partial charge in [0, 0.05) is 11.8 Å². The van der Waals surface area contributed by atoms with Gasteiger partial charge in [0.05, 0.1) is 5.92 Å². The van der Waals surface area contributed by atoms with Crippen LogP contribution in [0, 0.1) is 5.92 Å². The average molecular weight is 309 g/mol. The van der Waals surface area contributed by atoms with Gasteiger partial charge in [0.2, 0.25) is 0 Å². The van der Waals surface area contributed by atoms with Gasteiger partial charge in [-0.3, -0.25) is 9.59 Å². The van der Waals surface area contributed by atoms with Crippen molar-refractivity contribution in [1.29, 1.82) is 0 Å². The van der Waals surface area contributed by atoms with Gasteiger partial charge in [-0.15, -0.1) is 0 Å². The van der Waals surface area contributed by atoms with Crippen molar-refractivity contribution in [1.82, 2.24) is 4.98 Å². The summed E-state index contributed by atoms with van der Waals surface area (Å²) < 4.78 is 6.12. The molecule has 0 spiro atoms. The summed E-state index contributed by atoms with van der Waals surface area (Å²) in [5.74, 6) is -0.170. The quantitative estimate of drug-likeness (QED) is 0.862. The van der Waals surface area contributed by atoms with E-state index in [1.165, 1.54) is 0 Å². The number of rotatable bonds is 2. The van der Waals surface area contributed by atoms with E-state index in [9.17, 15) is 9.59 Å². The van der Waals surface area contributed by atoms with Crippen LogP contribution < -0.4 is 10.3 Å². The fourth-order valence-electron chi connectivity index (χ4n) is 2.94. The van der Waals surface area contributed by atoms with E-state index >= 15 is 0 Å². The molecule has 2 heterocycles. The first-order valence-electron chi connectivity index (χ1n) is 7.69. The molecule has 0 saturated carbocycles. The lowest BCUT2D eigenvalue weighted by Crippen LogP contribution is -2.40. The molecule has 118 valence electrons. The van der Waals surface area contributed by atoms with Gasteiger partial charge in [0.1, 0.15) is 17.4 Å². The van der Waals surface area contributed by atoms with Crippen molar-refractivity contribution >= 4 is 5.78 Å². The predicted molar refractivity (Wildman–Crippen MR) is 89.8 cm³/mol. The normalized spacial score (nSPS) is 20.8. The summed E-state index contributed by atoms with van der Waals surface area (Å²) in [5.41, 5.74) is 2.34. The van der Waals surface area contributed by atoms with E-state index < -0.39 is 5.56 Å². The smallest absolute Gasteiger partial charge is 0.262 e. The third kappa shape index (κ3) is 2.50. The van der Waals surface area contributed by atoms with E-state index in [-0.39, 0.29) is 23.4 Å². The predicted octanol–water partition coefficient (Wildman–Crippen LogP) is 3.59. The van der Waals surface area contributed by atoms with Crippen molar-refractivity contribution < 1.29 is 9.53 Å². The van der Waals surface area contributed by atoms with Crippen LogP contribution in [0.3, 0.4) is 0 Å². The molecule has 0 fully saturated rings. The topological polar surface area (TPSA) is 59.2 Å². The highest BCUT2D eigenvalue weighted by Crippen LogP contribution is 2.38. The Kier molecular flexibility index (Phi) is 3.90. The number of H-pyrrole nitrogens is 1. The van der Waals surface area contributed by atoms with Crippen LogP contribution in [-0.2, 0) is 0 Å². The first kappa shape index (κ1) is 15.3. The number of allylic oxidation sites excluding steroid dienone is 1. The van der Waals surface area contributed by atoms with Crippen LogP contribution in [0.4, 0.5) is 0 Å². The zero-order valence-corrected chi connectivity index (χ0v) is 13.4. The number of carbonyl (C=O) groups is 1. The summed E-state index contributed by atoms with van der Waals surface area (Å²) in [6.07, 6.45) is 3.21. The van der Waals surface area contributed by atoms with E-state index in [0.29, 0.717) is 5.75 Å². The molecule has 0 amide bonds. The van der Waals surface area contributed by atoms with E-state index in [2.05, 4.69) is 4.98 Å². The number of benzene rings is 1. The molecule has 2 aromatic rings. The van der Waals surface area contributed by atoms with Gasteiger partial charge in [-0.1, -0.05) is 43.3 Å². The molecule has 23 heavy (non-hydrogen) atoms. The summed E-state index contributed by atoms with van der Waals surface area (Å²) >= 11 is 0. The zero-order chi connectivity index (χ0) is 16.6. The number of aromatic amines is 1. The van der Waals surface area contributed by atoms with Crippen LogP contribution in [0.2, 0.25) is 0 Å². The highest BCUT2D eigenvalue weighted by Gasteiger charge is 2.38. The van der Waals surface area contributed by atoms with Crippen LogP contribution in [0.25, 0.3) is 11.1 Å². The van der Waals surface area contributed by atoms with Crippen molar-refractivity contribution in [3.8, 4) is 16.9 Å².